The fraction of sp³-hybridized carbons (Fsp3) is 0.533. The summed E-state index contributed by atoms with van der Waals surface area (Å²) in [6, 6.07) is 3.19. The van der Waals surface area contributed by atoms with E-state index in [9.17, 15) is 23.1 Å². The Bertz CT molecular complexity index is 541. The number of benzene rings is 1. The quantitative estimate of drug-likeness (QED) is 0.819. The zero-order chi connectivity index (χ0) is 17.1. The summed E-state index contributed by atoms with van der Waals surface area (Å²) in [7, 11) is 0. The number of rotatable bonds is 5. The molecule has 0 spiro atoms. The van der Waals surface area contributed by atoms with Crippen LogP contribution in [0.4, 0.5) is 13.2 Å². The standard InChI is InChI=1S/C15H20F3NO3/c1-4-22-13(20)8-12(19)10-5-9(2)6-11(7-10)14(3,21)15(16,17)18/h5-7,12,21H,4,8,19H2,1-3H3/t12-,14?/m0/s1. The number of esters is 1. The Balaban J connectivity index is 3.12. The molecule has 3 N–H and O–H groups in total. The molecule has 0 amide bonds. The maximum absolute atomic E-state index is 12.9. The van der Waals surface area contributed by atoms with Gasteiger partial charge in [0.15, 0.2) is 5.60 Å². The molecule has 7 heteroatoms. The lowest BCUT2D eigenvalue weighted by atomic mass is 9.90. The number of aliphatic hydroxyl groups is 1. The molecule has 0 heterocycles. The zero-order valence-electron chi connectivity index (χ0n) is 12.7. The van der Waals surface area contributed by atoms with Crippen LogP contribution in [0, 0.1) is 6.92 Å². The lowest BCUT2D eigenvalue weighted by molar-refractivity contribution is -0.258. The lowest BCUT2D eigenvalue weighted by Gasteiger charge is -2.28. The van der Waals surface area contributed by atoms with Gasteiger partial charge in [0.25, 0.3) is 0 Å². The van der Waals surface area contributed by atoms with Crippen LogP contribution in [0.2, 0.25) is 0 Å². The summed E-state index contributed by atoms with van der Waals surface area (Å²) >= 11 is 0. The summed E-state index contributed by atoms with van der Waals surface area (Å²) in [4.78, 5) is 11.4. The van der Waals surface area contributed by atoms with E-state index in [2.05, 4.69) is 0 Å². The molecule has 0 fully saturated rings. The highest BCUT2D eigenvalue weighted by Crippen LogP contribution is 2.39. The van der Waals surface area contributed by atoms with Crippen molar-refractivity contribution in [2.24, 2.45) is 5.73 Å². The van der Waals surface area contributed by atoms with Crippen LogP contribution in [-0.2, 0) is 15.1 Å². The molecule has 0 radical (unpaired) electrons. The minimum absolute atomic E-state index is 0.148. The van der Waals surface area contributed by atoms with E-state index in [0.29, 0.717) is 18.1 Å². The van der Waals surface area contributed by atoms with Crippen molar-refractivity contribution in [2.75, 3.05) is 6.61 Å². The van der Waals surface area contributed by atoms with Gasteiger partial charge in [-0.2, -0.15) is 13.2 Å². The van der Waals surface area contributed by atoms with Gasteiger partial charge in [-0.25, -0.2) is 0 Å². The van der Waals surface area contributed by atoms with Crippen LogP contribution < -0.4 is 5.73 Å². The fourth-order valence-electron chi connectivity index (χ4n) is 1.99. The predicted octanol–water partition coefficient (Wildman–Crippen LogP) is 2.72. The molecular formula is C15H20F3NO3. The summed E-state index contributed by atoms with van der Waals surface area (Å²) in [6.45, 7) is 4.13. The normalized spacial score (nSPS) is 16.0. The van der Waals surface area contributed by atoms with Crippen molar-refractivity contribution >= 4 is 5.97 Å². The number of carbonyl (C=O) groups excluding carboxylic acids is 1. The maximum atomic E-state index is 12.9. The van der Waals surface area contributed by atoms with Crippen LogP contribution in [0.25, 0.3) is 0 Å². The van der Waals surface area contributed by atoms with E-state index in [4.69, 9.17) is 10.5 Å². The van der Waals surface area contributed by atoms with Gasteiger partial charge in [-0.3, -0.25) is 4.79 Å². The Kier molecular flexibility index (Phi) is 5.59. The second kappa shape index (κ2) is 6.66. The average Bonchev–Trinajstić information content (AvgIpc) is 2.36. The van der Waals surface area contributed by atoms with Crippen molar-refractivity contribution in [3.05, 3.63) is 34.9 Å². The first-order valence-corrected chi connectivity index (χ1v) is 6.81. The van der Waals surface area contributed by atoms with Crippen molar-refractivity contribution in [1.82, 2.24) is 0 Å². The third-order valence-electron chi connectivity index (χ3n) is 3.33. The molecule has 1 rings (SSSR count). The van der Waals surface area contributed by atoms with Gasteiger partial charge in [0.2, 0.25) is 0 Å². The second-order valence-electron chi connectivity index (χ2n) is 5.32. The summed E-state index contributed by atoms with van der Waals surface area (Å²) in [6.07, 6.45) is -4.96. The van der Waals surface area contributed by atoms with Gasteiger partial charge >= 0.3 is 12.1 Å². The molecule has 124 valence electrons. The Morgan fingerprint density at radius 3 is 2.45 bits per heavy atom. The average molecular weight is 319 g/mol. The van der Waals surface area contributed by atoms with Crippen molar-refractivity contribution in [3.63, 3.8) is 0 Å². The van der Waals surface area contributed by atoms with Gasteiger partial charge < -0.3 is 15.6 Å². The van der Waals surface area contributed by atoms with E-state index < -0.39 is 23.8 Å². The summed E-state index contributed by atoms with van der Waals surface area (Å²) in [5.74, 6) is -0.527. The fourth-order valence-corrected chi connectivity index (χ4v) is 1.99. The number of halogens is 3. The summed E-state index contributed by atoms with van der Waals surface area (Å²) in [5.41, 5.74) is 3.40. The Morgan fingerprint density at radius 1 is 1.36 bits per heavy atom. The van der Waals surface area contributed by atoms with Crippen LogP contribution in [0.1, 0.15) is 43.0 Å². The van der Waals surface area contributed by atoms with Gasteiger partial charge in [-0.15, -0.1) is 0 Å². The summed E-state index contributed by atoms with van der Waals surface area (Å²) in [5, 5.41) is 9.76. The number of ether oxygens (including phenoxy) is 1. The van der Waals surface area contributed by atoms with Gasteiger partial charge in [0, 0.05) is 6.04 Å². The minimum atomic E-state index is -4.82. The van der Waals surface area contributed by atoms with E-state index >= 15 is 0 Å². The van der Waals surface area contributed by atoms with Gasteiger partial charge in [-0.05, 0) is 31.9 Å². The number of carbonyl (C=O) groups is 1. The molecule has 1 unspecified atom stereocenters. The number of alkyl halides is 3. The molecule has 0 bridgehead atoms. The van der Waals surface area contributed by atoms with Crippen molar-refractivity contribution in [3.8, 4) is 0 Å². The number of hydrogen-bond acceptors (Lipinski definition) is 4. The molecular weight excluding hydrogens is 299 g/mol. The highest BCUT2D eigenvalue weighted by molar-refractivity contribution is 5.70. The van der Waals surface area contributed by atoms with E-state index in [1.165, 1.54) is 12.1 Å². The van der Waals surface area contributed by atoms with Gasteiger partial charge in [0.1, 0.15) is 0 Å². The maximum Gasteiger partial charge on any atom is 0.421 e. The van der Waals surface area contributed by atoms with Crippen LogP contribution in [0.15, 0.2) is 18.2 Å². The Labute approximate surface area is 127 Å². The van der Waals surface area contributed by atoms with Gasteiger partial charge in [-0.1, -0.05) is 23.8 Å². The summed E-state index contributed by atoms with van der Waals surface area (Å²) < 4.78 is 43.6. The van der Waals surface area contributed by atoms with Crippen molar-refractivity contribution in [2.45, 2.75) is 45.0 Å². The highest BCUT2D eigenvalue weighted by atomic mass is 19.4. The van der Waals surface area contributed by atoms with Gasteiger partial charge in [0.05, 0.1) is 13.0 Å². The number of nitrogens with two attached hydrogens (primary N) is 1. The third kappa shape index (κ3) is 4.20. The predicted molar refractivity (Wildman–Crippen MR) is 75.0 cm³/mol. The third-order valence-corrected chi connectivity index (χ3v) is 3.33. The van der Waals surface area contributed by atoms with E-state index in [1.54, 1.807) is 19.9 Å². The largest absolute Gasteiger partial charge is 0.466 e. The molecule has 1 aromatic carbocycles. The molecule has 22 heavy (non-hydrogen) atoms. The molecule has 0 aliphatic carbocycles. The molecule has 0 aromatic heterocycles. The minimum Gasteiger partial charge on any atom is -0.466 e. The number of hydrogen-bond donors (Lipinski definition) is 2. The van der Waals surface area contributed by atoms with Crippen LogP contribution in [0.5, 0.6) is 0 Å². The molecule has 1 aromatic rings. The first-order chi connectivity index (χ1) is 9.99. The molecule has 2 atom stereocenters. The molecule has 0 saturated heterocycles. The van der Waals surface area contributed by atoms with Crippen LogP contribution in [0.3, 0.4) is 0 Å². The molecule has 0 aliphatic heterocycles. The Hall–Kier alpha value is -1.60. The van der Waals surface area contributed by atoms with Crippen LogP contribution >= 0.6 is 0 Å². The van der Waals surface area contributed by atoms with Crippen molar-refractivity contribution < 1.29 is 27.8 Å². The second-order valence-corrected chi connectivity index (χ2v) is 5.32. The smallest absolute Gasteiger partial charge is 0.421 e. The molecule has 4 nitrogen and oxygen atoms in total. The van der Waals surface area contributed by atoms with Crippen molar-refractivity contribution in [1.29, 1.82) is 0 Å². The lowest BCUT2D eigenvalue weighted by Crippen LogP contribution is -2.39. The van der Waals surface area contributed by atoms with Crippen LogP contribution in [-0.4, -0.2) is 23.9 Å². The zero-order valence-corrected chi connectivity index (χ0v) is 12.7. The first-order valence-electron chi connectivity index (χ1n) is 6.81. The SMILES string of the molecule is CCOC(=O)C[C@H](N)c1cc(C)cc(C(C)(O)C(F)(F)F)c1. The highest BCUT2D eigenvalue weighted by Gasteiger charge is 2.51. The van der Waals surface area contributed by atoms with E-state index in [0.717, 1.165) is 0 Å². The van der Waals surface area contributed by atoms with E-state index in [-0.39, 0.29) is 18.6 Å². The number of aryl methyl sites for hydroxylation is 1. The molecule has 0 saturated carbocycles. The first kappa shape index (κ1) is 18.4. The molecule has 0 aliphatic rings. The monoisotopic (exact) mass is 319 g/mol. The van der Waals surface area contributed by atoms with E-state index in [1.807, 2.05) is 0 Å². The Morgan fingerprint density at radius 2 is 1.95 bits per heavy atom. The topological polar surface area (TPSA) is 72.5 Å².